The van der Waals surface area contributed by atoms with Crippen LogP contribution in [0.25, 0.3) is 0 Å². The number of hydrogen-bond donors (Lipinski definition) is 0. The number of benzene rings is 1. The molecule has 2 rings (SSSR count). The van der Waals surface area contributed by atoms with Gasteiger partial charge in [0.1, 0.15) is 0 Å². The maximum Gasteiger partial charge on any atom is 0.352 e. The molecular formula is C13H13BrO4. The molecule has 0 spiro atoms. The number of Topliss-reactive ketones (excluding diaryl/α,β-unsaturated/α-hetero) is 1. The number of hydrogen-bond acceptors (Lipinski definition) is 4. The lowest BCUT2D eigenvalue weighted by Crippen LogP contribution is -2.12. The number of rotatable bonds is 3. The Hall–Kier alpha value is -1.36. The minimum Gasteiger partial charge on any atom is -0.293 e. The Kier molecular flexibility index (Phi) is 3.71. The van der Waals surface area contributed by atoms with Crippen molar-refractivity contribution in [2.75, 3.05) is 0 Å². The first-order chi connectivity index (χ1) is 8.56. The molecule has 0 radical (unpaired) electrons. The van der Waals surface area contributed by atoms with Crippen LogP contribution in [0.3, 0.4) is 0 Å². The Balaban J connectivity index is 2.40. The van der Waals surface area contributed by atoms with E-state index in [4.69, 9.17) is 4.89 Å². The van der Waals surface area contributed by atoms with Crippen molar-refractivity contribution in [2.45, 2.75) is 31.0 Å². The summed E-state index contributed by atoms with van der Waals surface area (Å²) in [6, 6.07) is 5.18. The van der Waals surface area contributed by atoms with Crippen LogP contribution >= 0.6 is 15.9 Å². The standard InChI is InChI=1S/C13H13BrO4/c1-3-8-11-9(13(16)12(8)14)5-4-6-10(11)18-17-7(2)15/h4-6,8,12H,3H2,1-2H3. The number of alkyl halides is 1. The van der Waals surface area contributed by atoms with E-state index in [2.05, 4.69) is 20.8 Å². The minimum absolute atomic E-state index is 0.0410. The summed E-state index contributed by atoms with van der Waals surface area (Å²) in [5.41, 5.74) is 1.45. The van der Waals surface area contributed by atoms with E-state index in [0.29, 0.717) is 11.3 Å². The fraction of sp³-hybridized carbons (Fsp3) is 0.385. The summed E-state index contributed by atoms with van der Waals surface area (Å²) in [4.78, 5) is 32.2. The molecule has 0 aromatic heterocycles. The third-order valence-corrected chi connectivity index (χ3v) is 4.05. The van der Waals surface area contributed by atoms with Crippen LogP contribution in [0, 0.1) is 0 Å². The van der Waals surface area contributed by atoms with Gasteiger partial charge in [0.25, 0.3) is 0 Å². The third-order valence-electron chi connectivity index (χ3n) is 2.99. The Morgan fingerprint density at radius 3 is 2.78 bits per heavy atom. The van der Waals surface area contributed by atoms with Gasteiger partial charge in [-0.1, -0.05) is 35.0 Å². The van der Waals surface area contributed by atoms with E-state index in [9.17, 15) is 9.59 Å². The Bertz CT molecular complexity index is 498. The molecule has 0 heterocycles. The molecule has 1 aromatic rings. The molecule has 0 amide bonds. The summed E-state index contributed by atoms with van der Waals surface area (Å²) >= 11 is 3.41. The molecule has 0 aliphatic heterocycles. The number of fused-ring (bicyclic) bond motifs is 1. The lowest BCUT2D eigenvalue weighted by atomic mass is 9.98. The van der Waals surface area contributed by atoms with Gasteiger partial charge in [0.05, 0.1) is 4.83 Å². The molecule has 18 heavy (non-hydrogen) atoms. The molecule has 1 aliphatic carbocycles. The summed E-state index contributed by atoms with van der Waals surface area (Å²) in [6.45, 7) is 3.27. The number of halogens is 1. The number of carbonyl (C=O) groups is 2. The minimum atomic E-state index is -0.527. The highest BCUT2D eigenvalue weighted by Gasteiger charge is 2.39. The zero-order valence-electron chi connectivity index (χ0n) is 10.1. The van der Waals surface area contributed by atoms with Crippen molar-refractivity contribution >= 4 is 27.7 Å². The third kappa shape index (κ3) is 2.14. The molecular weight excluding hydrogens is 300 g/mol. The van der Waals surface area contributed by atoms with Gasteiger partial charge < -0.3 is 0 Å². The molecule has 0 saturated carbocycles. The molecule has 96 valence electrons. The summed E-state index contributed by atoms with van der Waals surface area (Å²) in [5.74, 6) is -0.00500. The van der Waals surface area contributed by atoms with Crippen molar-refractivity contribution in [3.8, 4) is 5.75 Å². The van der Waals surface area contributed by atoms with Crippen LogP contribution in [0.15, 0.2) is 18.2 Å². The average molecular weight is 313 g/mol. The topological polar surface area (TPSA) is 52.6 Å². The van der Waals surface area contributed by atoms with Gasteiger partial charge in [-0.15, -0.1) is 0 Å². The molecule has 2 atom stereocenters. The van der Waals surface area contributed by atoms with Crippen LogP contribution < -0.4 is 4.89 Å². The highest BCUT2D eigenvalue weighted by Crippen LogP contribution is 2.44. The van der Waals surface area contributed by atoms with Gasteiger partial charge in [-0.25, -0.2) is 4.79 Å². The molecule has 0 fully saturated rings. The molecule has 2 unspecified atom stereocenters. The van der Waals surface area contributed by atoms with Crippen LogP contribution in [0.1, 0.15) is 42.1 Å². The molecule has 0 N–H and O–H groups in total. The summed E-state index contributed by atoms with van der Waals surface area (Å²) < 4.78 is 0. The molecule has 0 saturated heterocycles. The number of ketones is 1. The fourth-order valence-corrected chi connectivity index (χ4v) is 3.09. The van der Waals surface area contributed by atoms with Crippen LogP contribution in [0.5, 0.6) is 5.75 Å². The Morgan fingerprint density at radius 2 is 2.17 bits per heavy atom. The predicted molar refractivity (Wildman–Crippen MR) is 68.9 cm³/mol. The summed E-state index contributed by atoms with van der Waals surface area (Å²) in [7, 11) is 0. The number of carbonyl (C=O) groups excluding carboxylic acids is 2. The Labute approximate surface area is 113 Å². The lowest BCUT2D eigenvalue weighted by molar-refractivity contribution is -0.211. The van der Waals surface area contributed by atoms with Crippen LogP contribution in [-0.2, 0) is 9.68 Å². The normalized spacial score (nSPS) is 21.6. The predicted octanol–water partition coefficient (Wildman–Crippen LogP) is 3.00. The molecule has 5 heteroatoms. The van der Waals surface area contributed by atoms with Crippen molar-refractivity contribution in [3.63, 3.8) is 0 Å². The second-order valence-electron chi connectivity index (χ2n) is 4.16. The molecule has 1 aromatic carbocycles. The van der Waals surface area contributed by atoms with Gasteiger partial charge in [0.2, 0.25) is 0 Å². The van der Waals surface area contributed by atoms with Gasteiger partial charge in [0, 0.05) is 24.0 Å². The van der Waals surface area contributed by atoms with E-state index < -0.39 is 5.97 Å². The average Bonchev–Trinajstić information content (AvgIpc) is 2.60. The first-order valence-corrected chi connectivity index (χ1v) is 6.64. The maximum absolute atomic E-state index is 12.0. The van der Waals surface area contributed by atoms with Gasteiger partial charge in [-0.3, -0.25) is 14.6 Å². The van der Waals surface area contributed by atoms with Crippen molar-refractivity contribution in [3.05, 3.63) is 29.3 Å². The second kappa shape index (κ2) is 5.10. The fourth-order valence-electron chi connectivity index (χ4n) is 2.21. The zero-order valence-corrected chi connectivity index (χ0v) is 11.7. The molecule has 4 nitrogen and oxygen atoms in total. The van der Waals surface area contributed by atoms with Crippen molar-refractivity contribution < 1.29 is 19.4 Å². The zero-order chi connectivity index (χ0) is 13.3. The van der Waals surface area contributed by atoms with Crippen LogP contribution in [0.4, 0.5) is 0 Å². The quantitative estimate of drug-likeness (QED) is 0.489. The lowest BCUT2D eigenvalue weighted by Gasteiger charge is -2.14. The first-order valence-electron chi connectivity index (χ1n) is 5.72. The van der Waals surface area contributed by atoms with Crippen molar-refractivity contribution in [1.29, 1.82) is 0 Å². The Morgan fingerprint density at radius 1 is 1.44 bits per heavy atom. The molecule has 0 bridgehead atoms. The van der Waals surface area contributed by atoms with Gasteiger partial charge in [-0.2, -0.15) is 0 Å². The summed E-state index contributed by atoms with van der Waals surface area (Å²) in [5, 5.41) is 0. The van der Waals surface area contributed by atoms with E-state index in [1.54, 1.807) is 18.2 Å². The van der Waals surface area contributed by atoms with E-state index in [1.807, 2.05) is 6.92 Å². The second-order valence-corrected chi connectivity index (χ2v) is 5.14. The smallest absolute Gasteiger partial charge is 0.293 e. The maximum atomic E-state index is 12.0. The van der Waals surface area contributed by atoms with E-state index in [-0.39, 0.29) is 16.5 Å². The van der Waals surface area contributed by atoms with Crippen molar-refractivity contribution in [1.82, 2.24) is 0 Å². The van der Waals surface area contributed by atoms with Gasteiger partial charge in [0.15, 0.2) is 11.5 Å². The van der Waals surface area contributed by atoms with E-state index >= 15 is 0 Å². The SMILES string of the molecule is CCC1c2c(OOC(C)=O)cccc2C(=O)C1Br. The van der Waals surface area contributed by atoms with E-state index in [1.165, 1.54) is 6.92 Å². The van der Waals surface area contributed by atoms with Gasteiger partial charge in [-0.05, 0) is 12.5 Å². The summed E-state index contributed by atoms with van der Waals surface area (Å²) in [6.07, 6.45) is 0.801. The van der Waals surface area contributed by atoms with Crippen LogP contribution in [-0.4, -0.2) is 16.6 Å². The van der Waals surface area contributed by atoms with Crippen LogP contribution in [0.2, 0.25) is 0 Å². The largest absolute Gasteiger partial charge is 0.352 e. The van der Waals surface area contributed by atoms with E-state index in [0.717, 1.165) is 12.0 Å². The molecule has 1 aliphatic rings. The van der Waals surface area contributed by atoms with Gasteiger partial charge >= 0.3 is 5.97 Å². The highest BCUT2D eigenvalue weighted by molar-refractivity contribution is 9.10. The monoisotopic (exact) mass is 312 g/mol. The highest BCUT2D eigenvalue weighted by atomic mass is 79.9. The van der Waals surface area contributed by atoms with Crippen molar-refractivity contribution in [2.24, 2.45) is 0 Å². The first kappa shape index (κ1) is 13.1.